The Hall–Kier alpha value is -2.41. The highest BCUT2D eigenvalue weighted by atomic mass is 16.2. The van der Waals surface area contributed by atoms with Gasteiger partial charge in [0.25, 0.3) is 0 Å². The number of rotatable bonds is 4. The number of piperidine rings is 2. The molecule has 3 aliphatic heterocycles. The molecule has 29 heavy (non-hydrogen) atoms. The quantitative estimate of drug-likeness (QED) is 0.832. The standard InChI is InChI=1S/C22H29N5O2/c28-20-12-16(14-27(20)21-17-7-1-2-8-18(17)24-25-21)22(29)23-13-15-6-5-11-26-10-4-3-9-19(15)26/h1-2,7-8,15-16,19H,3-6,9-14H2,(H,23,29)(H,24,25)/t15-,16+,19+/m0/s1. The predicted molar refractivity (Wildman–Crippen MR) is 111 cm³/mol. The molecule has 2 amide bonds. The van der Waals surface area contributed by atoms with E-state index in [9.17, 15) is 9.59 Å². The van der Waals surface area contributed by atoms with Crippen LogP contribution in [0.25, 0.3) is 10.9 Å². The summed E-state index contributed by atoms with van der Waals surface area (Å²) in [5, 5.41) is 11.4. The Morgan fingerprint density at radius 1 is 1.17 bits per heavy atom. The number of nitrogens with one attached hydrogen (secondary N) is 2. The second-order valence-corrected chi connectivity index (χ2v) is 8.74. The number of fused-ring (bicyclic) bond motifs is 2. The van der Waals surface area contributed by atoms with Crippen molar-refractivity contribution in [3.05, 3.63) is 24.3 Å². The summed E-state index contributed by atoms with van der Waals surface area (Å²) >= 11 is 0. The fourth-order valence-electron chi connectivity index (χ4n) is 5.43. The highest BCUT2D eigenvalue weighted by Crippen LogP contribution is 2.32. The van der Waals surface area contributed by atoms with E-state index in [1.165, 1.54) is 45.2 Å². The average molecular weight is 396 g/mol. The molecule has 4 heterocycles. The summed E-state index contributed by atoms with van der Waals surface area (Å²) in [6.07, 6.45) is 6.53. The second-order valence-electron chi connectivity index (χ2n) is 8.74. The summed E-state index contributed by atoms with van der Waals surface area (Å²) in [4.78, 5) is 29.7. The first-order valence-electron chi connectivity index (χ1n) is 11.0. The molecule has 1 aromatic carbocycles. The van der Waals surface area contributed by atoms with Crippen LogP contribution >= 0.6 is 0 Å². The van der Waals surface area contributed by atoms with Crippen molar-refractivity contribution in [1.29, 1.82) is 0 Å². The lowest BCUT2D eigenvalue weighted by Crippen LogP contribution is -2.51. The van der Waals surface area contributed by atoms with E-state index < -0.39 is 0 Å². The number of carbonyl (C=O) groups is 2. The minimum absolute atomic E-state index is 0.00799. The van der Waals surface area contributed by atoms with Crippen molar-refractivity contribution in [2.75, 3.05) is 31.1 Å². The van der Waals surface area contributed by atoms with Crippen LogP contribution in [0.1, 0.15) is 38.5 Å². The number of nitrogens with zero attached hydrogens (tertiary/aromatic N) is 3. The molecule has 0 aliphatic carbocycles. The molecule has 3 aliphatic rings. The molecule has 2 aromatic rings. The molecule has 3 fully saturated rings. The monoisotopic (exact) mass is 395 g/mol. The number of amides is 2. The number of hydrogen-bond acceptors (Lipinski definition) is 4. The average Bonchev–Trinajstić information content (AvgIpc) is 3.35. The summed E-state index contributed by atoms with van der Waals surface area (Å²) in [5.74, 6) is 0.846. The van der Waals surface area contributed by atoms with Crippen LogP contribution in [0, 0.1) is 11.8 Å². The molecule has 3 atom stereocenters. The Labute approximate surface area is 170 Å². The van der Waals surface area contributed by atoms with Crippen molar-refractivity contribution in [2.24, 2.45) is 11.8 Å². The van der Waals surface area contributed by atoms with Crippen molar-refractivity contribution in [3.63, 3.8) is 0 Å². The van der Waals surface area contributed by atoms with E-state index in [1.807, 2.05) is 24.3 Å². The van der Waals surface area contributed by atoms with Crippen LogP contribution in [0.4, 0.5) is 5.82 Å². The van der Waals surface area contributed by atoms with E-state index in [0.717, 1.165) is 17.4 Å². The van der Waals surface area contributed by atoms with Gasteiger partial charge in [-0.15, -0.1) is 0 Å². The lowest BCUT2D eigenvalue weighted by Gasteiger charge is -2.44. The molecule has 0 unspecified atom stereocenters. The van der Waals surface area contributed by atoms with Gasteiger partial charge in [-0.05, 0) is 56.8 Å². The number of anilines is 1. The molecule has 0 spiro atoms. The van der Waals surface area contributed by atoms with Crippen LogP contribution in [-0.4, -0.2) is 59.1 Å². The number of para-hydroxylation sites is 1. The number of benzene rings is 1. The SMILES string of the molecule is O=C(NC[C@@H]1CCCN2CCCC[C@H]12)[C@@H]1CC(=O)N(c2n[nH]c3ccccc23)C1. The maximum atomic E-state index is 12.8. The first kappa shape index (κ1) is 18.6. The van der Waals surface area contributed by atoms with E-state index >= 15 is 0 Å². The zero-order valence-electron chi connectivity index (χ0n) is 16.8. The van der Waals surface area contributed by atoms with Gasteiger partial charge in [-0.3, -0.25) is 19.6 Å². The Kier molecular flexibility index (Phi) is 4.99. The van der Waals surface area contributed by atoms with Crippen LogP contribution in [0.15, 0.2) is 24.3 Å². The molecule has 0 radical (unpaired) electrons. The molecule has 2 N–H and O–H groups in total. The second kappa shape index (κ2) is 7.78. The van der Waals surface area contributed by atoms with Crippen molar-refractivity contribution in [1.82, 2.24) is 20.4 Å². The first-order valence-corrected chi connectivity index (χ1v) is 11.0. The predicted octanol–water partition coefficient (Wildman–Crippen LogP) is 2.30. The zero-order chi connectivity index (χ0) is 19.8. The Balaban J connectivity index is 1.21. The molecule has 1 aromatic heterocycles. The van der Waals surface area contributed by atoms with Gasteiger partial charge in [0.2, 0.25) is 11.8 Å². The zero-order valence-corrected chi connectivity index (χ0v) is 16.8. The maximum Gasteiger partial charge on any atom is 0.229 e. The highest BCUT2D eigenvalue weighted by molar-refractivity contribution is 6.05. The minimum atomic E-state index is -0.302. The van der Waals surface area contributed by atoms with Gasteiger partial charge in [-0.1, -0.05) is 18.6 Å². The lowest BCUT2D eigenvalue weighted by molar-refractivity contribution is -0.126. The van der Waals surface area contributed by atoms with Gasteiger partial charge in [0, 0.05) is 30.9 Å². The lowest BCUT2D eigenvalue weighted by atomic mass is 9.83. The fraction of sp³-hybridized carbons (Fsp3) is 0.591. The third-order valence-electron chi connectivity index (χ3n) is 6.97. The van der Waals surface area contributed by atoms with E-state index in [2.05, 4.69) is 20.4 Å². The van der Waals surface area contributed by atoms with E-state index in [0.29, 0.717) is 24.3 Å². The molecule has 0 saturated carbocycles. The Morgan fingerprint density at radius 2 is 2.03 bits per heavy atom. The molecule has 7 heteroatoms. The number of aromatic amines is 1. The molecule has 5 rings (SSSR count). The molecule has 3 saturated heterocycles. The van der Waals surface area contributed by atoms with Crippen LogP contribution in [-0.2, 0) is 9.59 Å². The third kappa shape index (κ3) is 3.52. The molecular weight excluding hydrogens is 366 g/mol. The van der Waals surface area contributed by atoms with E-state index in [4.69, 9.17) is 0 Å². The van der Waals surface area contributed by atoms with E-state index in [-0.39, 0.29) is 24.2 Å². The molecule has 7 nitrogen and oxygen atoms in total. The van der Waals surface area contributed by atoms with Crippen LogP contribution < -0.4 is 10.2 Å². The van der Waals surface area contributed by atoms with Gasteiger partial charge in [-0.25, -0.2) is 0 Å². The van der Waals surface area contributed by atoms with Crippen LogP contribution in [0.3, 0.4) is 0 Å². The van der Waals surface area contributed by atoms with Gasteiger partial charge in [-0.2, -0.15) is 5.10 Å². The summed E-state index contributed by atoms with van der Waals surface area (Å²) in [6, 6.07) is 8.38. The summed E-state index contributed by atoms with van der Waals surface area (Å²) in [7, 11) is 0. The summed E-state index contributed by atoms with van der Waals surface area (Å²) in [5.41, 5.74) is 0.900. The largest absolute Gasteiger partial charge is 0.355 e. The Bertz CT molecular complexity index is 907. The summed E-state index contributed by atoms with van der Waals surface area (Å²) < 4.78 is 0. The van der Waals surface area contributed by atoms with Crippen molar-refractivity contribution < 1.29 is 9.59 Å². The van der Waals surface area contributed by atoms with Crippen molar-refractivity contribution in [3.8, 4) is 0 Å². The van der Waals surface area contributed by atoms with Crippen molar-refractivity contribution in [2.45, 2.75) is 44.6 Å². The van der Waals surface area contributed by atoms with Gasteiger partial charge in [0.05, 0.1) is 11.4 Å². The van der Waals surface area contributed by atoms with E-state index in [1.54, 1.807) is 4.90 Å². The van der Waals surface area contributed by atoms with Gasteiger partial charge in [0.15, 0.2) is 5.82 Å². The number of H-pyrrole nitrogens is 1. The topological polar surface area (TPSA) is 81.3 Å². The minimum Gasteiger partial charge on any atom is -0.355 e. The fourth-order valence-corrected chi connectivity index (χ4v) is 5.43. The molecular formula is C22H29N5O2. The van der Waals surface area contributed by atoms with Crippen LogP contribution in [0.2, 0.25) is 0 Å². The van der Waals surface area contributed by atoms with Gasteiger partial charge >= 0.3 is 0 Å². The number of carbonyl (C=O) groups excluding carboxylic acids is 2. The number of aromatic nitrogens is 2. The smallest absolute Gasteiger partial charge is 0.229 e. The highest BCUT2D eigenvalue weighted by Gasteiger charge is 2.38. The summed E-state index contributed by atoms with van der Waals surface area (Å²) in [6.45, 7) is 3.55. The van der Waals surface area contributed by atoms with Crippen LogP contribution in [0.5, 0.6) is 0 Å². The van der Waals surface area contributed by atoms with Crippen molar-refractivity contribution >= 4 is 28.5 Å². The maximum absolute atomic E-state index is 12.8. The van der Waals surface area contributed by atoms with Gasteiger partial charge in [0.1, 0.15) is 0 Å². The normalized spacial score (nSPS) is 27.9. The molecule has 0 bridgehead atoms. The van der Waals surface area contributed by atoms with Gasteiger partial charge < -0.3 is 10.2 Å². The first-order chi connectivity index (χ1) is 14.2. The number of hydrogen-bond donors (Lipinski definition) is 2. The Morgan fingerprint density at radius 3 is 2.97 bits per heavy atom. The molecule has 154 valence electrons. The third-order valence-corrected chi connectivity index (χ3v) is 6.97.